The molecule has 0 saturated carbocycles. The van der Waals surface area contributed by atoms with Gasteiger partial charge >= 0.3 is 12.1 Å². The number of carbonyl (C=O) groups is 2. The summed E-state index contributed by atoms with van der Waals surface area (Å²) in [4.78, 5) is 26.1. The number of nitrogens with zero attached hydrogens (tertiary/aromatic N) is 2. The van der Waals surface area contributed by atoms with E-state index in [0.717, 1.165) is 11.0 Å². The number of ether oxygens (including phenoxy) is 1. The lowest BCUT2D eigenvalue weighted by Gasteiger charge is -2.29. The van der Waals surface area contributed by atoms with E-state index in [1.807, 2.05) is 0 Å². The monoisotopic (exact) mass is 571 g/mol. The molecule has 2 aromatic carbocycles. The summed E-state index contributed by atoms with van der Waals surface area (Å²) in [5, 5.41) is 8.41. The van der Waals surface area contributed by atoms with Gasteiger partial charge in [-0.25, -0.2) is 27.2 Å². The number of likely N-dealkylation sites (N-methyl/N-ethyl adjacent to an activating group) is 1. The number of hydrogen-bond donors (Lipinski definition) is 3. The molecule has 1 aromatic heterocycles. The van der Waals surface area contributed by atoms with Crippen molar-refractivity contribution in [3.63, 3.8) is 0 Å². The second kappa shape index (κ2) is 13.3. The van der Waals surface area contributed by atoms with Crippen LogP contribution in [0.15, 0.2) is 53.1 Å². The Balaban J connectivity index is 1.61. The zero-order chi connectivity index (χ0) is 28.6. The van der Waals surface area contributed by atoms with E-state index in [0.29, 0.717) is 11.1 Å². The summed E-state index contributed by atoms with van der Waals surface area (Å²) in [5.41, 5.74) is 6.08. The maximum atomic E-state index is 13.8. The fourth-order valence-electron chi connectivity index (χ4n) is 3.44. The van der Waals surface area contributed by atoms with Gasteiger partial charge < -0.3 is 25.2 Å². The van der Waals surface area contributed by atoms with Crippen LogP contribution in [0.1, 0.15) is 18.4 Å². The maximum Gasteiger partial charge on any atom is 0.414 e. The third kappa shape index (κ3) is 8.58. The van der Waals surface area contributed by atoms with Crippen molar-refractivity contribution in [2.75, 3.05) is 25.5 Å². The largest absolute Gasteiger partial charge is 0.447 e. The number of amides is 3. The Kier molecular flexibility index (Phi) is 10.1. The average Bonchev–Trinajstić information content (AvgIpc) is 3.37. The fourth-order valence-corrected chi connectivity index (χ4v) is 3.63. The maximum absolute atomic E-state index is 13.8. The first-order valence-electron chi connectivity index (χ1n) is 11.7. The van der Waals surface area contributed by atoms with Crippen LogP contribution in [0.5, 0.6) is 0 Å². The van der Waals surface area contributed by atoms with Crippen LogP contribution >= 0.6 is 11.6 Å². The predicted octanol–water partition coefficient (Wildman–Crippen LogP) is 5.41. The Morgan fingerprint density at radius 3 is 2.67 bits per heavy atom. The van der Waals surface area contributed by atoms with Crippen LogP contribution in [0.4, 0.5) is 33.0 Å². The predicted molar refractivity (Wildman–Crippen MR) is 135 cm³/mol. The van der Waals surface area contributed by atoms with Gasteiger partial charge in [0.15, 0.2) is 0 Å². The molecule has 4 N–H and O–H groups in total. The highest BCUT2D eigenvalue weighted by Gasteiger charge is 2.31. The molecule has 1 heterocycles. The second-order valence-corrected chi connectivity index (χ2v) is 8.92. The van der Waals surface area contributed by atoms with Crippen molar-refractivity contribution in [2.24, 2.45) is 5.73 Å². The summed E-state index contributed by atoms with van der Waals surface area (Å²) in [6.45, 7) is -1.48. The number of carbonyl (C=O) groups excluding carboxylic acids is 2. The number of hydrogen-bond acceptors (Lipinski definition) is 6. The molecule has 9 nitrogen and oxygen atoms in total. The zero-order valence-electron chi connectivity index (χ0n) is 20.7. The molecule has 3 aromatic rings. The van der Waals surface area contributed by atoms with E-state index in [2.05, 4.69) is 15.8 Å². The molecule has 0 saturated heterocycles. The number of halogens is 5. The van der Waals surface area contributed by atoms with Crippen molar-refractivity contribution in [1.29, 1.82) is 0 Å². The number of aromatic nitrogens is 1. The van der Waals surface area contributed by atoms with E-state index in [4.69, 9.17) is 26.6 Å². The van der Waals surface area contributed by atoms with Crippen molar-refractivity contribution < 1.29 is 36.4 Å². The van der Waals surface area contributed by atoms with Gasteiger partial charge in [-0.2, -0.15) is 0 Å². The Morgan fingerprint density at radius 1 is 1.21 bits per heavy atom. The first-order valence-corrected chi connectivity index (χ1v) is 12.0. The average molecular weight is 572 g/mol. The van der Waals surface area contributed by atoms with Crippen LogP contribution in [0, 0.1) is 11.6 Å². The van der Waals surface area contributed by atoms with Gasteiger partial charge in [-0.15, -0.1) is 0 Å². The summed E-state index contributed by atoms with van der Waals surface area (Å²) < 4.78 is 64.9. The molecule has 0 aliphatic carbocycles. The summed E-state index contributed by atoms with van der Waals surface area (Å²) in [5.74, 6) is -4.45. The number of nitrogens with two attached hydrogens (primary N) is 1. The van der Waals surface area contributed by atoms with Crippen molar-refractivity contribution >= 4 is 29.6 Å². The van der Waals surface area contributed by atoms with Crippen molar-refractivity contribution in [1.82, 2.24) is 15.4 Å². The second-order valence-electron chi connectivity index (χ2n) is 8.55. The molecule has 0 unspecified atom stereocenters. The number of rotatable bonds is 11. The highest BCUT2D eigenvalue weighted by molar-refractivity contribution is 6.31. The van der Waals surface area contributed by atoms with Crippen LogP contribution in [-0.2, 0) is 11.3 Å². The third-order valence-corrected chi connectivity index (χ3v) is 6.16. The molecule has 210 valence electrons. The summed E-state index contributed by atoms with van der Waals surface area (Å²) in [6.07, 6.45) is -1.94. The van der Waals surface area contributed by atoms with Crippen LogP contribution in [0.3, 0.4) is 0 Å². The highest BCUT2D eigenvalue weighted by atomic mass is 35.5. The zero-order valence-corrected chi connectivity index (χ0v) is 21.5. The van der Waals surface area contributed by atoms with Gasteiger partial charge in [-0.1, -0.05) is 41.0 Å². The molecule has 0 radical (unpaired) electrons. The smallest absolute Gasteiger partial charge is 0.414 e. The van der Waals surface area contributed by atoms with Gasteiger partial charge in [0.2, 0.25) is 5.88 Å². The van der Waals surface area contributed by atoms with E-state index in [1.54, 1.807) is 6.07 Å². The first-order chi connectivity index (χ1) is 18.5. The lowest BCUT2D eigenvalue weighted by molar-refractivity contribution is -0.00798. The molecular weight excluding hydrogens is 546 g/mol. The highest BCUT2D eigenvalue weighted by Crippen LogP contribution is 2.24. The van der Waals surface area contributed by atoms with E-state index in [-0.39, 0.29) is 29.6 Å². The topological polar surface area (TPSA) is 123 Å². The molecule has 39 heavy (non-hydrogen) atoms. The van der Waals surface area contributed by atoms with Gasteiger partial charge in [0.1, 0.15) is 23.9 Å². The van der Waals surface area contributed by atoms with Gasteiger partial charge in [0.25, 0.3) is 5.92 Å². The lowest BCUT2D eigenvalue weighted by Crippen LogP contribution is -2.46. The number of alkyl halides is 2. The summed E-state index contributed by atoms with van der Waals surface area (Å²) >= 11 is 5.90. The Hall–Kier alpha value is -3.84. The van der Waals surface area contributed by atoms with Crippen LogP contribution in [-0.4, -0.2) is 54.3 Å². The molecule has 3 amide bonds. The molecule has 0 aliphatic rings. The van der Waals surface area contributed by atoms with E-state index >= 15 is 0 Å². The first kappa shape index (κ1) is 29.7. The molecular formula is C25H26ClF4N5O4. The minimum absolute atomic E-state index is 0.108. The molecule has 14 heteroatoms. The molecule has 3 rings (SSSR count). The molecule has 0 aliphatic heterocycles. The number of benzene rings is 2. The van der Waals surface area contributed by atoms with Gasteiger partial charge in [0, 0.05) is 31.6 Å². The van der Waals surface area contributed by atoms with Crippen LogP contribution in [0.2, 0.25) is 5.02 Å². The van der Waals surface area contributed by atoms with E-state index in [9.17, 15) is 27.2 Å². The molecule has 1 atom stereocenters. The summed E-state index contributed by atoms with van der Waals surface area (Å²) in [6, 6.07) is 9.32. The van der Waals surface area contributed by atoms with E-state index in [1.165, 1.54) is 43.4 Å². The molecule has 0 fully saturated rings. The Labute approximate surface area is 226 Å². The standard InChI is InChI=1S/C25H26ClF4N5O4/c1-35(23(36)32-12-16-5-3-7-19(28)22(16)26)18(8-9-25(29,30)14-31)13-38-24(37)33-21-11-20(34-39-21)15-4-2-6-17(27)10-15/h2-7,10-11,18H,8-9,12-14,31H2,1H3,(H,32,36)(H,33,37)/t18-/m0/s1. The minimum atomic E-state index is -3.19. The molecule has 0 bridgehead atoms. The Bertz CT molecular complexity index is 1290. The summed E-state index contributed by atoms with van der Waals surface area (Å²) in [7, 11) is 1.33. The third-order valence-electron chi connectivity index (χ3n) is 5.73. The number of nitrogens with one attached hydrogen (secondary N) is 2. The van der Waals surface area contributed by atoms with Crippen LogP contribution in [0.25, 0.3) is 11.3 Å². The number of urea groups is 1. The van der Waals surface area contributed by atoms with Gasteiger partial charge in [-0.3, -0.25) is 5.32 Å². The quantitative estimate of drug-likeness (QED) is 0.265. The van der Waals surface area contributed by atoms with Crippen molar-refractivity contribution in [3.05, 3.63) is 70.8 Å². The number of anilines is 1. The minimum Gasteiger partial charge on any atom is -0.447 e. The SMILES string of the molecule is CN(C(=O)NCc1cccc(F)c1Cl)[C@@H](CCC(F)(F)CN)COC(=O)Nc1cc(-c2cccc(F)c2)no1. The molecule has 0 spiro atoms. The van der Waals surface area contributed by atoms with Crippen molar-refractivity contribution in [3.8, 4) is 11.3 Å². The normalized spacial score (nSPS) is 12.1. The van der Waals surface area contributed by atoms with Crippen molar-refractivity contribution in [2.45, 2.75) is 31.4 Å². The van der Waals surface area contributed by atoms with Gasteiger partial charge in [-0.05, 0) is 30.2 Å². The lowest BCUT2D eigenvalue weighted by atomic mass is 10.1. The van der Waals surface area contributed by atoms with Crippen LogP contribution < -0.4 is 16.4 Å². The fraction of sp³-hybridized carbons (Fsp3) is 0.320. The Morgan fingerprint density at radius 2 is 1.95 bits per heavy atom. The van der Waals surface area contributed by atoms with Gasteiger partial charge in [0.05, 0.1) is 17.6 Å². The van der Waals surface area contributed by atoms with E-state index < -0.39 is 55.3 Å².